The molecule has 0 aliphatic heterocycles. The number of benzene rings is 2. The van der Waals surface area contributed by atoms with E-state index in [4.69, 9.17) is 4.74 Å². The van der Waals surface area contributed by atoms with Gasteiger partial charge in [-0.25, -0.2) is 13.8 Å². The third kappa shape index (κ3) is 5.72. The first-order valence-corrected chi connectivity index (χ1v) is 12.4. The fourth-order valence-electron chi connectivity index (χ4n) is 4.40. The van der Waals surface area contributed by atoms with Crippen molar-refractivity contribution in [1.82, 2.24) is 19.9 Å². The van der Waals surface area contributed by atoms with Gasteiger partial charge in [-0.15, -0.1) is 0 Å². The highest BCUT2D eigenvalue weighted by molar-refractivity contribution is 5.94. The number of ether oxygens (including phenoxy) is 1. The Kier molecular flexibility index (Phi) is 7.23. The van der Waals surface area contributed by atoms with Gasteiger partial charge in [0.15, 0.2) is 11.6 Å². The predicted molar refractivity (Wildman–Crippen MR) is 145 cm³/mol. The number of H-pyrrole nitrogens is 1. The van der Waals surface area contributed by atoms with Gasteiger partial charge in [0, 0.05) is 36.1 Å². The van der Waals surface area contributed by atoms with Crippen LogP contribution in [0.3, 0.4) is 0 Å². The molecule has 3 aromatic heterocycles. The summed E-state index contributed by atoms with van der Waals surface area (Å²) in [4.78, 5) is 33.5. The number of fused-ring (bicyclic) bond motifs is 1. The lowest BCUT2D eigenvalue weighted by molar-refractivity contribution is 0.0948. The minimum absolute atomic E-state index is 0.00538. The fourth-order valence-corrected chi connectivity index (χ4v) is 4.40. The van der Waals surface area contributed by atoms with Crippen LogP contribution >= 0.6 is 0 Å². The molecule has 0 aliphatic rings. The molecule has 0 radical (unpaired) electrons. The van der Waals surface area contributed by atoms with Gasteiger partial charge in [0.1, 0.15) is 17.0 Å². The summed E-state index contributed by atoms with van der Waals surface area (Å²) in [6.45, 7) is 4.02. The Bertz CT molecular complexity index is 1730. The van der Waals surface area contributed by atoms with Gasteiger partial charge in [-0.3, -0.25) is 9.59 Å². The van der Waals surface area contributed by atoms with Crippen molar-refractivity contribution in [1.29, 1.82) is 0 Å². The molecule has 0 unspecified atom stereocenters. The number of nitrogens with zero attached hydrogens (tertiary/aromatic N) is 2. The van der Waals surface area contributed by atoms with Crippen LogP contribution in [0.25, 0.3) is 22.2 Å². The number of halogens is 2. The van der Waals surface area contributed by atoms with E-state index in [0.717, 1.165) is 39.9 Å². The Morgan fingerprint density at radius 2 is 1.90 bits per heavy atom. The Labute approximate surface area is 223 Å². The lowest BCUT2D eigenvalue weighted by Gasteiger charge is -2.14. The van der Waals surface area contributed by atoms with Crippen LogP contribution in [0, 0.1) is 11.6 Å². The van der Waals surface area contributed by atoms with Gasteiger partial charge in [-0.1, -0.05) is 6.07 Å². The summed E-state index contributed by atoms with van der Waals surface area (Å²) in [7, 11) is 0. The molecule has 0 aliphatic carbocycles. The highest BCUT2D eigenvalue weighted by atomic mass is 19.2. The molecule has 5 aromatic rings. The maximum atomic E-state index is 13.6. The molecule has 7 nitrogen and oxygen atoms in total. The SMILES string of the molecule is CC(C)Oc1cc(CNC(=O)c2cccn(Cc3ccc(F)c(F)c3)c2=O)cc(-c2c[nH]c3ncccc23)c1. The van der Waals surface area contributed by atoms with Gasteiger partial charge >= 0.3 is 0 Å². The van der Waals surface area contributed by atoms with E-state index in [1.807, 2.05) is 50.4 Å². The summed E-state index contributed by atoms with van der Waals surface area (Å²) in [5.41, 5.74) is 3.19. The van der Waals surface area contributed by atoms with Crippen LogP contribution in [0.5, 0.6) is 5.75 Å². The lowest BCUT2D eigenvalue weighted by Crippen LogP contribution is -2.32. The largest absolute Gasteiger partial charge is 0.491 e. The molecule has 5 rings (SSSR count). The molecule has 0 atom stereocenters. The zero-order valence-corrected chi connectivity index (χ0v) is 21.4. The topological polar surface area (TPSA) is 89.0 Å². The Morgan fingerprint density at radius 1 is 1.05 bits per heavy atom. The molecule has 1 amide bonds. The molecule has 2 aromatic carbocycles. The van der Waals surface area contributed by atoms with Gasteiger partial charge in [-0.05, 0) is 85.1 Å². The smallest absolute Gasteiger partial charge is 0.263 e. The van der Waals surface area contributed by atoms with Crippen molar-refractivity contribution >= 4 is 16.9 Å². The van der Waals surface area contributed by atoms with Crippen LogP contribution in [-0.2, 0) is 13.1 Å². The van der Waals surface area contributed by atoms with E-state index in [2.05, 4.69) is 15.3 Å². The van der Waals surface area contributed by atoms with Gasteiger partial charge < -0.3 is 19.6 Å². The zero-order chi connectivity index (χ0) is 27.5. The monoisotopic (exact) mass is 528 g/mol. The molecule has 39 heavy (non-hydrogen) atoms. The fraction of sp³-hybridized carbons (Fsp3) is 0.167. The van der Waals surface area contributed by atoms with E-state index < -0.39 is 23.1 Å². The summed E-state index contributed by atoms with van der Waals surface area (Å²) >= 11 is 0. The lowest BCUT2D eigenvalue weighted by atomic mass is 10.0. The van der Waals surface area contributed by atoms with Crippen molar-refractivity contribution in [3.05, 3.63) is 118 Å². The number of amides is 1. The van der Waals surface area contributed by atoms with Crippen LogP contribution < -0.4 is 15.6 Å². The second-order valence-corrected chi connectivity index (χ2v) is 9.42. The van der Waals surface area contributed by atoms with Crippen molar-refractivity contribution in [2.24, 2.45) is 0 Å². The van der Waals surface area contributed by atoms with Gasteiger partial charge in [0.2, 0.25) is 0 Å². The molecule has 0 fully saturated rings. The molecular formula is C30H26F2N4O3. The molecule has 0 spiro atoms. The second kappa shape index (κ2) is 10.9. The number of aromatic amines is 1. The number of carbonyl (C=O) groups excluding carboxylic acids is 1. The van der Waals surface area contributed by atoms with Gasteiger partial charge in [-0.2, -0.15) is 0 Å². The minimum atomic E-state index is -0.999. The number of nitrogens with one attached hydrogen (secondary N) is 2. The third-order valence-electron chi connectivity index (χ3n) is 6.16. The summed E-state index contributed by atoms with van der Waals surface area (Å²) in [5.74, 6) is -1.86. The van der Waals surface area contributed by atoms with Crippen LogP contribution in [-0.4, -0.2) is 26.5 Å². The first-order chi connectivity index (χ1) is 18.8. The number of pyridine rings is 2. The Hall–Kier alpha value is -4.79. The van der Waals surface area contributed by atoms with Gasteiger partial charge in [0.25, 0.3) is 11.5 Å². The van der Waals surface area contributed by atoms with E-state index >= 15 is 0 Å². The molecule has 198 valence electrons. The molecule has 0 saturated carbocycles. The second-order valence-electron chi connectivity index (χ2n) is 9.42. The van der Waals surface area contributed by atoms with E-state index in [-0.39, 0.29) is 24.8 Å². The highest BCUT2D eigenvalue weighted by Gasteiger charge is 2.15. The van der Waals surface area contributed by atoms with E-state index in [9.17, 15) is 18.4 Å². The van der Waals surface area contributed by atoms with E-state index in [0.29, 0.717) is 11.3 Å². The highest BCUT2D eigenvalue weighted by Crippen LogP contribution is 2.31. The van der Waals surface area contributed by atoms with Crippen molar-refractivity contribution in [3.63, 3.8) is 0 Å². The Morgan fingerprint density at radius 3 is 2.69 bits per heavy atom. The molecule has 0 saturated heterocycles. The minimum Gasteiger partial charge on any atom is -0.491 e. The van der Waals surface area contributed by atoms with Crippen LogP contribution in [0.4, 0.5) is 8.78 Å². The van der Waals surface area contributed by atoms with E-state index in [1.165, 1.54) is 22.9 Å². The maximum Gasteiger partial charge on any atom is 0.263 e. The molecular weight excluding hydrogens is 502 g/mol. The number of aromatic nitrogens is 3. The zero-order valence-electron chi connectivity index (χ0n) is 21.4. The first-order valence-electron chi connectivity index (χ1n) is 12.4. The molecule has 2 N–H and O–H groups in total. The number of hydrogen-bond donors (Lipinski definition) is 2. The van der Waals surface area contributed by atoms with Crippen LogP contribution in [0.15, 0.2) is 84.0 Å². The number of carbonyl (C=O) groups is 1. The normalized spacial score (nSPS) is 11.2. The average molecular weight is 529 g/mol. The van der Waals surface area contributed by atoms with Crippen molar-refractivity contribution < 1.29 is 18.3 Å². The van der Waals surface area contributed by atoms with Crippen molar-refractivity contribution in [3.8, 4) is 16.9 Å². The van der Waals surface area contributed by atoms with Crippen LogP contribution in [0.2, 0.25) is 0 Å². The predicted octanol–water partition coefficient (Wildman–Crippen LogP) is 5.44. The van der Waals surface area contributed by atoms with Gasteiger partial charge in [0.05, 0.1) is 12.6 Å². The van der Waals surface area contributed by atoms with Crippen molar-refractivity contribution in [2.45, 2.75) is 33.0 Å². The standard InChI is InChI=1S/C30H26F2N4O3/c1-18(2)39-22-12-20(11-21(14-22)25-16-34-28-23(25)5-3-9-33-28)15-35-29(37)24-6-4-10-36(30(24)38)17-19-7-8-26(31)27(32)13-19/h3-14,16,18H,15,17H2,1-2H3,(H,33,34)(H,35,37). The molecule has 9 heteroatoms. The molecule has 0 bridgehead atoms. The Balaban J connectivity index is 1.38. The summed E-state index contributed by atoms with van der Waals surface area (Å²) in [6, 6.07) is 16.0. The summed E-state index contributed by atoms with van der Waals surface area (Å²) < 4.78 is 34.1. The third-order valence-corrected chi connectivity index (χ3v) is 6.16. The number of rotatable bonds is 8. The number of hydrogen-bond acceptors (Lipinski definition) is 4. The van der Waals surface area contributed by atoms with Crippen LogP contribution in [0.1, 0.15) is 35.3 Å². The summed E-state index contributed by atoms with van der Waals surface area (Å²) in [5, 5.41) is 3.77. The van der Waals surface area contributed by atoms with Crippen molar-refractivity contribution in [2.75, 3.05) is 0 Å². The van der Waals surface area contributed by atoms with E-state index in [1.54, 1.807) is 12.3 Å². The molecule has 3 heterocycles. The summed E-state index contributed by atoms with van der Waals surface area (Å²) in [6.07, 6.45) is 5.05. The quantitative estimate of drug-likeness (QED) is 0.281. The average Bonchev–Trinajstić information content (AvgIpc) is 3.34. The maximum absolute atomic E-state index is 13.6. The first kappa shape index (κ1) is 25.8.